The van der Waals surface area contributed by atoms with Crippen LogP contribution >= 0.6 is 11.6 Å². The van der Waals surface area contributed by atoms with E-state index in [9.17, 15) is 14.4 Å². The van der Waals surface area contributed by atoms with Gasteiger partial charge in [0, 0.05) is 5.02 Å². The number of imide groups is 1. The van der Waals surface area contributed by atoms with Gasteiger partial charge in [-0.25, -0.2) is 14.5 Å². The third kappa shape index (κ3) is 3.34. The number of rotatable bonds is 5. The van der Waals surface area contributed by atoms with Crippen molar-refractivity contribution in [3.63, 3.8) is 0 Å². The summed E-state index contributed by atoms with van der Waals surface area (Å²) in [5, 5.41) is 9.65. The molecule has 1 saturated heterocycles. The zero-order valence-corrected chi connectivity index (χ0v) is 15.9. The van der Waals surface area contributed by atoms with Crippen molar-refractivity contribution in [2.24, 2.45) is 0 Å². The van der Waals surface area contributed by atoms with Crippen molar-refractivity contribution in [2.45, 2.75) is 12.5 Å². The second kappa shape index (κ2) is 7.06. The largest absolute Gasteiger partial charge is 0.466 e. The third-order valence-corrected chi connectivity index (χ3v) is 4.72. The summed E-state index contributed by atoms with van der Waals surface area (Å²) in [5.74, 6) is -0.891. The van der Waals surface area contributed by atoms with Gasteiger partial charge < -0.3 is 15.1 Å². The molecule has 1 unspecified atom stereocenters. The molecule has 0 spiro atoms. The van der Waals surface area contributed by atoms with E-state index in [2.05, 4.69) is 20.7 Å². The molecule has 29 heavy (non-hydrogen) atoms. The first-order valence-electron chi connectivity index (χ1n) is 8.51. The molecule has 0 aliphatic carbocycles. The fourth-order valence-corrected chi connectivity index (χ4v) is 3.22. The first-order valence-corrected chi connectivity index (χ1v) is 8.89. The molecule has 2 N–H and O–H groups in total. The van der Waals surface area contributed by atoms with Gasteiger partial charge in [-0.2, -0.15) is 5.10 Å². The van der Waals surface area contributed by atoms with Crippen molar-refractivity contribution in [1.29, 1.82) is 0 Å². The topological polar surface area (TPSA) is 122 Å². The van der Waals surface area contributed by atoms with Gasteiger partial charge in [0.1, 0.15) is 25.0 Å². The van der Waals surface area contributed by atoms with Crippen molar-refractivity contribution in [2.75, 3.05) is 11.9 Å². The fourth-order valence-electron chi connectivity index (χ4n) is 3.04. The van der Waals surface area contributed by atoms with E-state index >= 15 is 0 Å². The lowest BCUT2D eigenvalue weighted by molar-refractivity contribution is -0.134. The van der Waals surface area contributed by atoms with Gasteiger partial charge in [0.05, 0.1) is 17.6 Å². The average molecular weight is 415 g/mol. The molecule has 3 aromatic rings. The predicted molar refractivity (Wildman–Crippen MR) is 101 cm³/mol. The zero-order valence-electron chi connectivity index (χ0n) is 15.1. The van der Waals surface area contributed by atoms with Crippen LogP contribution in [0.4, 0.5) is 10.5 Å². The van der Waals surface area contributed by atoms with Gasteiger partial charge in [-0.3, -0.25) is 14.5 Å². The second-order valence-corrected chi connectivity index (χ2v) is 6.91. The highest BCUT2D eigenvalue weighted by molar-refractivity contribution is 6.31. The normalized spacial score (nSPS) is 18.8. The number of amides is 4. The fraction of sp³-hybridized carbons (Fsp3) is 0.167. The van der Waals surface area contributed by atoms with Gasteiger partial charge in [-0.1, -0.05) is 11.6 Å². The number of carbonyl (C=O) groups is 3. The lowest BCUT2D eigenvalue weighted by Crippen LogP contribution is -2.41. The van der Waals surface area contributed by atoms with E-state index in [0.717, 1.165) is 4.90 Å². The smallest absolute Gasteiger partial charge is 0.325 e. The zero-order chi connectivity index (χ0) is 20.6. The molecule has 3 heterocycles. The van der Waals surface area contributed by atoms with Crippen molar-refractivity contribution >= 4 is 35.1 Å². The van der Waals surface area contributed by atoms with Gasteiger partial charge >= 0.3 is 6.03 Å². The molecule has 1 aliphatic heterocycles. The van der Waals surface area contributed by atoms with E-state index in [0.29, 0.717) is 16.4 Å². The molecule has 0 bridgehead atoms. The van der Waals surface area contributed by atoms with Crippen LogP contribution in [-0.2, 0) is 15.1 Å². The summed E-state index contributed by atoms with van der Waals surface area (Å²) in [7, 11) is 0. The summed E-state index contributed by atoms with van der Waals surface area (Å²) in [4.78, 5) is 42.4. The molecule has 1 fully saturated rings. The van der Waals surface area contributed by atoms with Crippen molar-refractivity contribution in [1.82, 2.24) is 25.0 Å². The summed E-state index contributed by atoms with van der Waals surface area (Å²) in [6, 6.07) is 7.34. The maximum absolute atomic E-state index is 12.8. The van der Waals surface area contributed by atoms with E-state index < -0.39 is 29.9 Å². The molecule has 1 aromatic carbocycles. The molecule has 148 valence electrons. The molecule has 4 amide bonds. The van der Waals surface area contributed by atoms with Crippen LogP contribution in [0.3, 0.4) is 0 Å². The van der Waals surface area contributed by atoms with E-state index in [1.54, 1.807) is 24.3 Å². The van der Waals surface area contributed by atoms with Crippen LogP contribution in [0.15, 0.2) is 53.7 Å². The molecule has 10 nitrogen and oxygen atoms in total. The number of hydrogen-bond donors (Lipinski definition) is 2. The van der Waals surface area contributed by atoms with E-state index in [4.69, 9.17) is 16.0 Å². The Kier molecular flexibility index (Phi) is 4.55. The minimum absolute atomic E-state index is 0.280. The Balaban J connectivity index is 1.53. The summed E-state index contributed by atoms with van der Waals surface area (Å²) < 4.78 is 6.72. The van der Waals surface area contributed by atoms with Gasteiger partial charge in [-0.05, 0) is 37.3 Å². The van der Waals surface area contributed by atoms with E-state index in [1.165, 1.54) is 36.6 Å². The first kappa shape index (κ1) is 18.7. The number of halogens is 1. The average Bonchev–Trinajstić information content (AvgIpc) is 3.42. The summed E-state index contributed by atoms with van der Waals surface area (Å²) in [5.41, 5.74) is -0.491. The lowest BCUT2D eigenvalue weighted by atomic mass is 9.99. The Labute approximate surface area is 169 Å². The van der Waals surface area contributed by atoms with Gasteiger partial charge in [0.15, 0.2) is 5.54 Å². The van der Waals surface area contributed by atoms with Crippen LogP contribution in [0, 0.1) is 0 Å². The number of aromatic nitrogens is 3. The standard InChI is InChI=1S/C18H15ClN6O4/c1-18(14-3-2-6-29-14)16(27)24(17(28)23-18)8-15(26)22-12-7-11(19)4-5-13(12)25-10-20-9-21-25/h2-7,9-10H,8H2,1H3,(H,22,26)(H,23,28). The molecular weight excluding hydrogens is 400 g/mol. The van der Waals surface area contributed by atoms with Crippen LogP contribution in [-0.4, -0.2) is 44.1 Å². The Morgan fingerprint density at radius 1 is 1.34 bits per heavy atom. The summed E-state index contributed by atoms with van der Waals surface area (Å²) in [6.45, 7) is 1.04. The number of nitrogens with zero attached hydrogens (tertiary/aromatic N) is 4. The molecule has 4 rings (SSSR count). The number of hydrogen-bond acceptors (Lipinski definition) is 6. The van der Waals surface area contributed by atoms with Crippen molar-refractivity contribution in [3.8, 4) is 5.69 Å². The van der Waals surface area contributed by atoms with E-state index in [-0.39, 0.29) is 5.76 Å². The number of nitrogens with one attached hydrogen (secondary N) is 2. The van der Waals surface area contributed by atoms with Crippen LogP contribution in [0.25, 0.3) is 5.69 Å². The number of urea groups is 1. The SMILES string of the molecule is CC1(c2ccco2)NC(=O)N(CC(=O)Nc2cc(Cl)ccc2-n2cncn2)C1=O. The number of furan rings is 1. The molecule has 1 aliphatic rings. The Bertz CT molecular complexity index is 1080. The minimum atomic E-state index is -1.37. The van der Waals surface area contributed by atoms with Crippen LogP contribution in [0.2, 0.25) is 5.02 Å². The Morgan fingerprint density at radius 3 is 2.86 bits per heavy atom. The van der Waals surface area contributed by atoms with Gasteiger partial charge in [0.25, 0.3) is 5.91 Å². The van der Waals surface area contributed by atoms with E-state index in [1.807, 2.05) is 0 Å². The first-order chi connectivity index (χ1) is 13.9. The maximum Gasteiger partial charge on any atom is 0.325 e. The monoisotopic (exact) mass is 414 g/mol. The van der Waals surface area contributed by atoms with Gasteiger partial charge in [-0.15, -0.1) is 0 Å². The van der Waals surface area contributed by atoms with Crippen molar-refractivity contribution in [3.05, 3.63) is 60.0 Å². The predicted octanol–water partition coefficient (Wildman–Crippen LogP) is 1.92. The number of anilines is 1. The van der Waals surface area contributed by atoms with Crippen LogP contribution in [0.1, 0.15) is 12.7 Å². The summed E-state index contributed by atoms with van der Waals surface area (Å²) >= 11 is 6.04. The highest BCUT2D eigenvalue weighted by Crippen LogP contribution is 2.29. The highest BCUT2D eigenvalue weighted by atomic mass is 35.5. The molecule has 0 saturated carbocycles. The maximum atomic E-state index is 12.8. The van der Waals surface area contributed by atoms with Crippen molar-refractivity contribution < 1.29 is 18.8 Å². The lowest BCUT2D eigenvalue weighted by Gasteiger charge is -2.19. The molecule has 1 atom stereocenters. The number of carbonyl (C=O) groups excluding carboxylic acids is 3. The molecule has 2 aromatic heterocycles. The van der Waals surface area contributed by atoms with Gasteiger partial charge in [0.2, 0.25) is 5.91 Å². The summed E-state index contributed by atoms with van der Waals surface area (Å²) in [6.07, 6.45) is 4.22. The highest BCUT2D eigenvalue weighted by Gasteiger charge is 2.51. The Morgan fingerprint density at radius 2 is 2.17 bits per heavy atom. The third-order valence-electron chi connectivity index (χ3n) is 4.49. The molecule has 0 radical (unpaired) electrons. The molecule has 11 heteroatoms. The Hall–Kier alpha value is -3.66. The number of benzene rings is 1. The minimum Gasteiger partial charge on any atom is -0.466 e. The molecular formula is C18H15ClN6O4. The van der Waals surface area contributed by atoms with Crippen LogP contribution < -0.4 is 10.6 Å². The second-order valence-electron chi connectivity index (χ2n) is 6.47. The van der Waals surface area contributed by atoms with Crippen LogP contribution in [0.5, 0.6) is 0 Å². The quantitative estimate of drug-likeness (QED) is 0.615.